The molecule has 154 valence electrons. The monoisotopic (exact) mass is 405 g/mol. The maximum absolute atomic E-state index is 12.7. The second-order valence-corrected chi connectivity index (χ2v) is 8.01. The summed E-state index contributed by atoms with van der Waals surface area (Å²) in [5.41, 5.74) is 0.595. The van der Waals surface area contributed by atoms with E-state index in [0.29, 0.717) is 24.4 Å². The number of ether oxygens (including phenoxy) is 1. The number of aliphatic hydroxyl groups is 1. The van der Waals surface area contributed by atoms with Gasteiger partial charge in [-0.3, -0.25) is 4.57 Å². The van der Waals surface area contributed by atoms with Crippen LogP contribution in [0.15, 0.2) is 61.4 Å². The molecule has 2 fully saturated rings. The molecule has 2 unspecified atom stereocenters. The highest BCUT2D eigenvalue weighted by Crippen LogP contribution is 2.45. The Morgan fingerprint density at radius 3 is 2.47 bits per heavy atom. The van der Waals surface area contributed by atoms with Crippen molar-refractivity contribution < 1.29 is 14.6 Å². The van der Waals surface area contributed by atoms with E-state index in [9.17, 15) is 9.90 Å². The molecule has 2 aliphatic heterocycles. The number of hydrogen-bond acceptors (Lipinski definition) is 6. The maximum Gasteiger partial charge on any atom is 0.410 e. The molecule has 0 radical (unpaired) electrons. The highest BCUT2D eigenvalue weighted by Gasteiger charge is 2.50. The van der Waals surface area contributed by atoms with Crippen LogP contribution in [0.25, 0.3) is 5.95 Å². The van der Waals surface area contributed by atoms with Gasteiger partial charge in [0.2, 0.25) is 5.95 Å². The molecule has 0 saturated carbocycles. The fourth-order valence-corrected chi connectivity index (χ4v) is 4.62. The largest absolute Gasteiger partial charge is 0.445 e. The lowest BCUT2D eigenvalue weighted by molar-refractivity contribution is -0.0540. The SMILES string of the molecule is O=C(OCc1ccccc1)N1C2CCC1CC(O)(c1cnc(-n3ccnc3)nc1)C2. The summed E-state index contributed by atoms with van der Waals surface area (Å²) in [5, 5.41) is 11.4. The zero-order valence-electron chi connectivity index (χ0n) is 16.5. The number of amides is 1. The number of piperidine rings is 1. The standard InChI is InChI=1S/C22H23N5O3/c28-21(30-14-16-4-2-1-3-5-16)27-18-6-7-19(27)11-22(29,10-18)17-12-24-20(25-13-17)26-9-8-23-15-26/h1-5,8-9,12-13,15,18-19,29H,6-7,10-11,14H2. The van der Waals surface area contributed by atoms with Gasteiger partial charge in [0.15, 0.2) is 0 Å². The summed E-state index contributed by atoms with van der Waals surface area (Å²) in [6, 6.07) is 9.55. The summed E-state index contributed by atoms with van der Waals surface area (Å²) in [4.78, 5) is 27.3. The third-order valence-corrected chi connectivity index (χ3v) is 6.09. The van der Waals surface area contributed by atoms with E-state index in [1.807, 2.05) is 35.2 Å². The second kappa shape index (κ2) is 7.53. The molecule has 2 aliphatic rings. The lowest BCUT2D eigenvalue weighted by Gasteiger charge is -2.43. The third-order valence-electron chi connectivity index (χ3n) is 6.09. The average molecular weight is 405 g/mol. The van der Waals surface area contributed by atoms with Crippen LogP contribution in [0, 0.1) is 0 Å². The molecule has 8 heteroatoms. The van der Waals surface area contributed by atoms with Gasteiger partial charge in [0.25, 0.3) is 0 Å². The van der Waals surface area contributed by atoms with Gasteiger partial charge in [-0.1, -0.05) is 30.3 Å². The molecular formula is C22H23N5O3. The minimum atomic E-state index is -1.05. The number of nitrogens with zero attached hydrogens (tertiary/aromatic N) is 5. The molecule has 1 aromatic carbocycles. The number of aromatic nitrogens is 4. The van der Waals surface area contributed by atoms with Crippen molar-refractivity contribution in [3.63, 3.8) is 0 Å². The molecule has 5 rings (SSSR count). The number of carbonyl (C=O) groups excluding carboxylic acids is 1. The van der Waals surface area contributed by atoms with Crippen molar-refractivity contribution in [3.05, 3.63) is 72.6 Å². The summed E-state index contributed by atoms with van der Waals surface area (Å²) < 4.78 is 7.26. The van der Waals surface area contributed by atoms with Crippen LogP contribution >= 0.6 is 0 Å². The second-order valence-electron chi connectivity index (χ2n) is 8.01. The van der Waals surface area contributed by atoms with E-state index in [1.165, 1.54) is 0 Å². The third kappa shape index (κ3) is 3.43. The van der Waals surface area contributed by atoms with Crippen molar-refractivity contribution in [2.24, 2.45) is 0 Å². The lowest BCUT2D eigenvalue weighted by atomic mass is 9.82. The van der Waals surface area contributed by atoms with E-state index < -0.39 is 5.60 Å². The first-order chi connectivity index (χ1) is 14.6. The number of hydrogen-bond donors (Lipinski definition) is 1. The molecule has 1 N–H and O–H groups in total. The van der Waals surface area contributed by atoms with Crippen molar-refractivity contribution in [2.45, 2.75) is 50.0 Å². The molecule has 8 nitrogen and oxygen atoms in total. The van der Waals surface area contributed by atoms with Crippen LogP contribution in [0.3, 0.4) is 0 Å². The van der Waals surface area contributed by atoms with Crippen LogP contribution in [0.2, 0.25) is 0 Å². The number of benzene rings is 1. The van der Waals surface area contributed by atoms with Crippen LogP contribution in [-0.4, -0.2) is 47.7 Å². The molecule has 2 aromatic heterocycles. The van der Waals surface area contributed by atoms with Gasteiger partial charge < -0.3 is 14.7 Å². The first kappa shape index (κ1) is 18.7. The fourth-order valence-electron chi connectivity index (χ4n) is 4.62. The predicted molar refractivity (Wildman–Crippen MR) is 108 cm³/mol. The maximum atomic E-state index is 12.7. The summed E-state index contributed by atoms with van der Waals surface area (Å²) in [6.07, 6.45) is 10.7. The smallest absolute Gasteiger partial charge is 0.410 e. The van der Waals surface area contributed by atoms with Crippen LogP contribution in [0.5, 0.6) is 0 Å². The van der Waals surface area contributed by atoms with Gasteiger partial charge in [-0.2, -0.15) is 0 Å². The van der Waals surface area contributed by atoms with E-state index in [2.05, 4.69) is 15.0 Å². The Morgan fingerprint density at radius 2 is 1.83 bits per heavy atom. The highest BCUT2D eigenvalue weighted by atomic mass is 16.6. The first-order valence-corrected chi connectivity index (χ1v) is 10.1. The quantitative estimate of drug-likeness (QED) is 0.717. The number of carbonyl (C=O) groups is 1. The molecule has 3 aromatic rings. The summed E-state index contributed by atoms with van der Waals surface area (Å²) in [6.45, 7) is 0.253. The Kier molecular flexibility index (Phi) is 4.71. The lowest BCUT2D eigenvalue weighted by Crippen LogP contribution is -2.52. The van der Waals surface area contributed by atoms with Crippen LogP contribution in [0.4, 0.5) is 4.79 Å². The number of rotatable bonds is 4. The molecule has 2 atom stereocenters. The van der Waals surface area contributed by atoms with Crippen LogP contribution < -0.4 is 0 Å². The summed E-state index contributed by atoms with van der Waals surface area (Å²) >= 11 is 0. The summed E-state index contributed by atoms with van der Waals surface area (Å²) in [5.74, 6) is 0.504. The molecule has 1 amide bonds. The molecule has 30 heavy (non-hydrogen) atoms. The fraction of sp³-hybridized carbons (Fsp3) is 0.364. The van der Waals surface area contributed by atoms with Crippen molar-refractivity contribution >= 4 is 6.09 Å². The Bertz CT molecular complexity index is 993. The number of imidazole rings is 1. The predicted octanol–water partition coefficient (Wildman–Crippen LogP) is 2.81. The van der Waals surface area contributed by atoms with Crippen molar-refractivity contribution in [3.8, 4) is 5.95 Å². The van der Waals surface area contributed by atoms with E-state index in [1.54, 1.807) is 35.7 Å². The normalized spacial score (nSPS) is 25.3. The molecule has 2 bridgehead atoms. The van der Waals surface area contributed by atoms with E-state index in [4.69, 9.17) is 4.74 Å². The van der Waals surface area contributed by atoms with Gasteiger partial charge in [-0.05, 0) is 18.4 Å². The molecule has 0 spiro atoms. The van der Waals surface area contributed by atoms with Crippen molar-refractivity contribution in [2.75, 3.05) is 0 Å². The highest BCUT2D eigenvalue weighted by molar-refractivity contribution is 5.69. The average Bonchev–Trinajstić information content (AvgIpc) is 3.40. The Morgan fingerprint density at radius 1 is 1.13 bits per heavy atom. The summed E-state index contributed by atoms with van der Waals surface area (Å²) in [7, 11) is 0. The Labute approximate surface area is 174 Å². The van der Waals surface area contributed by atoms with Gasteiger partial charge in [-0.15, -0.1) is 0 Å². The van der Waals surface area contributed by atoms with Crippen molar-refractivity contribution in [1.29, 1.82) is 0 Å². The first-order valence-electron chi connectivity index (χ1n) is 10.1. The van der Waals surface area contributed by atoms with Crippen molar-refractivity contribution in [1.82, 2.24) is 24.4 Å². The zero-order chi connectivity index (χ0) is 20.6. The van der Waals surface area contributed by atoms with Gasteiger partial charge in [0.1, 0.15) is 12.9 Å². The topological polar surface area (TPSA) is 93.4 Å². The van der Waals surface area contributed by atoms with E-state index in [-0.39, 0.29) is 24.8 Å². The minimum Gasteiger partial charge on any atom is -0.445 e. The Hall–Kier alpha value is -3.26. The van der Waals surface area contributed by atoms with E-state index >= 15 is 0 Å². The van der Waals surface area contributed by atoms with Gasteiger partial charge in [0, 0.05) is 55.3 Å². The van der Waals surface area contributed by atoms with Gasteiger partial charge >= 0.3 is 6.09 Å². The molecule has 0 aliphatic carbocycles. The van der Waals surface area contributed by atoms with Gasteiger partial charge in [0.05, 0.1) is 5.60 Å². The zero-order valence-corrected chi connectivity index (χ0v) is 16.5. The number of fused-ring (bicyclic) bond motifs is 2. The molecular weight excluding hydrogens is 382 g/mol. The van der Waals surface area contributed by atoms with Crippen LogP contribution in [0.1, 0.15) is 36.8 Å². The molecule has 4 heterocycles. The minimum absolute atomic E-state index is 0.0506. The van der Waals surface area contributed by atoms with E-state index in [0.717, 1.165) is 18.4 Å². The van der Waals surface area contributed by atoms with Gasteiger partial charge in [-0.25, -0.2) is 19.7 Å². The van der Waals surface area contributed by atoms with Crippen LogP contribution in [-0.2, 0) is 16.9 Å². The molecule has 2 saturated heterocycles. The Balaban J connectivity index is 1.28.